The number of hydrogen-bond acceptors (Lipinski definition) is 5. The second kappa shape index (κ2) is 8.67. The number of amides is 2. The lowest BCUT2D eigenvalue weighted by atomic mass is 10.1. The molecule has 0 saturated heterocycles. The molecule has 4 rings (SSSR count). The van der Waals surface area contributed by atoms with Crippen molar-refractivity contribution in [2.24, 2.45) is 5.73 Å². The molecule has 0 fully saturated rings. The van der Waals surface area contributed by atoms with Crippen LogP contribution in [0.1, 0.15) is 38.5 Å². The highest BCUT2D eigenvalue weighted by Gasteiger charge is 2.20. The van der Waals surface area contributed by atoms with Crippen LogP contribution in [0.3, 0.4) is 0 Å². The first-order chi connectivity index (χ1) is 15.7. The van der Waals surface area contributed by atoms with Crippen molar-refractivity contribution in [3.05, 3.63) is 74.0 Å². The number of benzene rings is 1. The van der Waals surface area contributed by atoms with Gasteiger partial charge in [0, 0.05) is 29.3 Å². The maximum Gasteiger partial charge on any atom is 0.252 e. The van der Waals surface area contributed by atoms with Gasteiger partial charge in [0.2, 0.25) is 5.91 Å². The summed E-state index contributed by atoms with van der Waals surface area (Å²) in [7, 11) is 0. The number of aryl methyl sites for hydroxylation is 4. The van der Waals surface area contributed by atoms with E-state index in [0.717, 1.165) is 32.8 Å². The summed E-state index contributed by atoms with van der Waals surface area (Å²) in [5.41, 5.74) is 9.52. The number of hydrogen-bond donors (Lipinski definition) is 2. The van der Waals surface area contributed by atoms with Crippen molar-refractivity contribution in [2.45, 2.75) is 40.7 Å². The van der Waals surface area contributed by atoms with Crippen LogP contribution in [0.5, 0.6) is 0 Å². The average molecular weight is 464 g/mol. The number of primary amides is 1. The van der Waals surface area contributed by atoms with E-state index in [-0.39, 0.29) is 24.4 Å². The summed E-state index contributed by atoms with van der Waals surface area (Å²) in [6, 6.07) is 11.1. The smallest absolute Gasteiger partial charge is 0.252 e. The first kappa shape index (κ1) is 22.5. The maximum atomic E-state index is 12.9. The van der Waals surface area contributed by atoms with E-state index in [1.54, 1.807) is 22.2 Å². The highest BCUT2D eigenvalue weighted by atomic mass is 32.1. The third-order valence-electron chi connectivity index (χ3n) is 5.74. The zero-order chi connectivity index (χ0) is 23.9. The molecule has 3 aromatic heterocycles. The molecule has 9 heteroatoms. The first-order valence-electron chi connectivity index (χ1n) is 10.5. The number of pyridine rings is 1. The normalized spacial score (nSPS) is 11.2. The molecule has 0 aliphatic heterocycles. The lowest BCUT2D eigenvalue weighted by Gasteiger charge is -2.12. The van der Waals surface area contributed by atoms with E-state index in [1.165, 1.54) is 11.3 Å². The molecule has 0 aliphatic carbocycles. The van der Waals surface area contributed by atoms with Crippen LogP contribution in [-0.4, -0.2) is 26.2 Å². The number of fused-ring (bicyclic) bond motifs is 1. The Morgan fingerprint density at radius 1 is 1.12 bits per heavy atom. The summed E-state index contributed by atoms with van der Waals surface area (Å²) in [5, 5.41) is 8.79. The van der Waals surface area contributed by atoms with E-state index < -0.39 is 5.91 Å². The van der Waals surface area contributed by atoms with Gasteiger partial charge in [0.15, 0.2) is 0 Å². The molecule has 0 bridgehead atoms. The number of rotatable bonds is 6. The lowest BCUT2D eigenvalue weighted by molar-refractivity contribution is -0.116. The van der Waals surface area contributed by atoms with Crippen molar-refractivity contribution in [3.8, 4) is 5.69 Å². The fourth-order valence-electron chi connectivity index (χ4n) is 4.05. The number of carbonyl (C=O) groups excluding carboxylic acids is 2. The molecule has 1 aromatic carbocycles. The fourth-order valence-corrected chi connectivity index (χ4v) is 5.13. The van der Waals surface area contributed by atoms with Gasteiger partial charge in [0.05, 0.1) is 16.9 Å². The van der Waals surface area contributed by atoms with Gasteiger partial charge in [-0.1, -0.05) is 18.2 Å². The number of nitrogens with zero attached hydrogens (tertiary/aromatic N) is 3. The summed E-state index contributed by atoms with van der Waals surface area (Å²) in [6.45, 7) is 7.63. The number of para-hydroxylation sites is 1. The van der Waals surface area contributed by atoms with Crippen molar-refractivity contribution in [1.82, 2.24) is 14.3 Å². The number of thiophene rings is 1. The van der Waals surface area contributed by atoms with Crippen molar-refractivity contribution in [2.75, 3.05) is 5.32 Å². The molecule has 33 heavy (non-hydrogen) atoms. The minimum atomic E-state index is -0.578. The Labute approximate surface area is 194 Å². The predicted molar refractivity (Wildman–Crippen MR) is 130 cm³/mol. The number of carbonyl (C=O) groups is 2. The molecule has 0 spiro atoms. The van der Waals surface area contributed by atoms with Gasteiger partial charge in [0.25, 0.3) is 11.5 Å². The predicted octanol–water partition coefficient (Wildman–Crippen LogP) is 3.61. The highest BCUT2D eigenvalue weighted by molar-refractivity contribution is 7.16. The molecule has 0 aliphatic rings. The summed E-state index contributed by atoms with van der Waals surface area (Å²) in [4.78, 5) is 38.5. The quantitative estimate of drug-likeness (QED) is 0.455. The fraction of sp³-hybridized carbons (Fsp3) is 0.250. The Balaban J connectivity index is 1.69. The van der Waals surface area contributed by atoms with Crippen LogP contribution in [0, 0.1) is 27.7 Å². The molecular formula is C24H25N5O3S. The summed E-state index contributed by atoms with van der Waals surface area (Å²) in [5.74, 6) is -0.882. The molecule has 0 atom stereocenters. The summed E-state index contributed by atoms with van der Waals surface area (Å²) < 4.78 is 3.32. The van der Waals surface area contributed by atoms with Gasteiger partial charge < -0.3 is 11.1 Å². The molecule has 2 amide bonds. The molecule has 170 valence electrons. The highest BCUT2D eigenvalue weighted by Crippen LogP contribution is 2.32. The van der Waals surface area contributed by atoms with Crippen molar-refractivity contribution in [3.63, 3.8) is 0 Å². The minimum absolute atomic E-state index is 0.0469. The van der Waals surface area contributed by atoms with Gasteiger partial charge >= 0.3 is 0 Å². The van der Waals surface area contributed by atoms with Crippen LogP contribution < -0.4 is 16.6 Å². The Kier molecular flexibility index (Phi) is 5.90. The Hall–Kier alpha value is -3.72. The van der Waals surface area contributed by atoms with Crippen LogP contribution in [0.2, 0.25) is 0 Å². The van der Waals surface area contributed by atoms with Crippen LogP contribution >= 0.6 is 11.3 Å². The van der Waals surface area contributed by atoms with E-state index >= 15 is 0 Å². The van der Waals surface area contributed by atoms with E-state index in [9.17, 15) is 14.4 Å². The zero-order valence-corrected chi connectivity index (χ0v) is 19.7. The van der Waals surface area contributed by atoms with Gasteiger partial charge in [-0.25, -0.2) is 4.68 Å². The first-order valence-corrected chi connectivity index (χ1v) is 11.4. The molecule has 3 heterocycles. The Bertz CT molecular complexity index is 1450. The van der Waals surface area contributed by atoms with Gasteiger partial charge in [0.1, 0.15) is 10.6 Å². The zero-order valence-electron chi connectivity index (χ0n) is 18.9. The van der Waals surface area contributed by atoms with Crippen LogP contribution in [0.4, 0.5) is 5.00 Å². The molecule has 4 aromatic rings. The molecule has 0 radical (unpaired) electrons. The molecular weight excluding hydrogens is 438 g/mol. The molecule has 0 unspecified atom stereocenters. The third-order valence-corrected chi connectivity index (χ3v) is 6.86. The van der Waals surface area contributed by atoms with E-state index in [1.807, 2.05) is 51.1 Å². The molecule has 3 N–H and O–H groups in total. The summed E-state index contributed by atoms with van der Waals surface area (Å²) >= 11 is 1.31. The van der Waals surface area contributed by atoms with Crippen LogP contribution in [0.25, 0.3) is 16.7 Å². The molecule has 0 saturated carbocycles. The van der Waals surface area contributed by atoms with E-state index in [2.05, 4.69) is 10.4 Å². The SMILES string of the molecule is Cc1sc(NC(=O)CCn2c(=O)cc(C)c3c(C)nn(-c4ccccc4)c32)c(C(N)=O)c1C. The second-order valence-corrected chi connectivity index (χ2v) is 9.22. The van der Waals surface area contributed by atoms with Gasteiger partial charge in [-0.05, 0) is 51.0 Å². The average Bonchev–Trinajstić information content (AvgIpc) is 3.25. The standard InChI is InChI=1S/C24H25N5O3S/c1-13-12-19(31)28(24-20(13)15(3)27-29(24)17-8-6-5-7-9-17)11-10-18(30)26-23-21(22(25)32)14(2)16(4)33-23/h5-9,12H,10-11H2,1-4H3,(H2,25,32)(H,26,30). The maximum absolute atomic E-state index is 12.9. The van der Waals surface area contributed by atoms with Crippen LogP contribution in [-0.2, 0) is 11.3 Å². The van der Waals surface area contributed by atoms with Gasteiger partial charge in [-0.3, -0.25) is 19.0 Å². The lowest BCUT2D eigenvalue weighted by Crippen LogP contribution is -2.25. The van der Waals surface area contributed by atoms with Crippen molar-refractivity contribution in [1.29, 1.82) is 0 Å². The number of nitrogens with two attached hydrogens (primary N) is 1. The number of nitrogens with one attached hydrogen (secondary N) is 1. The molecule has 8 nitrogen and oxygen atoms in total. The summed E-state index contributed by atoms with van der Waals surface area (Å²) in [6.07, 6.45) is 0.0469. The Morgan fingerprint density at radius 2 is 1.82 bits per heavy atom. The monoisotopic (exact) mass is 463 g/mol. The van der Waals surface area contributed by atoms with Gasteiger partial charge in [-0.15, -0.1) is 11.3 Å². The Morgan fingerprint density at radius 3 is 2.48 bits per heavy atom. The van der Waals surface area contributed by atoms with Crippen molar-refractivity contribution >= 4 is 39.2 Å². The van der Waals surface area contributed by atoms with E-state index in [4.69, 9.17) is 5.73 Å². The van der Waals surface area contributed by atoms with Gasteiger partial charge in [-0.2, -0.15) is 5.10 Å². The van der Waals surface area contributed by atoms with E-state index in [0.29, 0.717) is 16.2 Å². The minimum Gasteiger partial charge on any atom is -0.365 e. The second-order valence-electron chi connectivity index (χ2n) is 8.00. The van der Waals surface area contributed by atoms with Crippen molar-refractivity contribution < 1.29 is 9.59 Å². The number of aromatic nitrogens is 3. The largest absolute Gasteiger partial charge is 0.365 e. The number of anilines is 1. The van der Waals surface area contributed by atoms with Crippen LogP contribution in [0.15, 0.2) is 41.2 Å². The topological polar surface area (TPSA) is 112 Å². The third kappa shape index (κ3) is 4.07.